The van der Waals surface area contributed by atoms with Crippen molar-refractivity contribution in [3.63, 3.8) is 0 Å². The molecule has 2 aromatic carbocycles. The molecule has 7 nitrogen and oxygen atoms in total. The molecule has 2 N–H and O–H groups in total. The summed E-state index contributed by atoms with van der Waals surface area (Å²) in [5.74, 6) is 0.621. The van der Waals surface area contributed by atoms with Gasteiger partial charge in [-0.1, -0.05) is 32.9 Å². The van der Waals surface area contributed by atoms with Crippen molar-refractivity contribution in [3.05, 3.63) is 53.6 Å². The van der Waals surface area contributed by atoms with Crippen molar-refractivity contribution < 1.29 is 24.5 Å². The predicted molar refractivity (Wildman–Crippen MR) is 130 cm³/mol. The second-order valence-corrected chi connectivity index (χ2v) is 9.69. The van der Waals surface area contributed by atoms with Crippen LogP contribution in [0.25, 0.3) is 0 Å². The number of anilines is 1. The van der Waals surface area contributed by atoms with Crippen LogP contribution in [0, 0.1) is 0 Å². The Labute approximate surface area is 196 Å². The van der Waals surface area contributed by atoms with Crippen LogP contribution in [0.5, 0.6) is 11.5 Å². The lowest BCUT2D eigenvalue weighted by Gasteiger charge is -2.42. The molecule has 0 radical (unpaired) electrons. The molecule has 2 aromatic rings. The minimum Gasteiger partial charge on any atom is -0.497 e. The Balaban J connectivity index is 1.58. The third-order valence-electron chi connectivity index (χ3n) is 6.11. The zero-order valence-electron chi connectivity index (χ0n) is 20.2. The second-order valence-electron chi connectivity index (χ2n) is 9.69. The molecular formula is C26H36N2O5. The van der Waals surface area contributed by atoms with Crippen molar-refractivity contribution in [1.29, 1.82) is 0 Å². The van der Waals surface area contributed by atoms with E-state index in [1.54, 1.807) is 19.2 Å². The molecule has 2 unspecified atom stereocenters. The van der Waals surface area contributed by atoms with Gasteiger partial charge >= 0.3 is 5.97 Å². The van der Waals surface area contributed by atoms with Crippen molar-refractivity contribution in [2.24, 2.45) is 0 Å². The molecule has 180 valence electrons. The second kappa shape index (κ2) is 10.4. The van der Waals surface area contributed by atoms with Crippen LogP contribution in [0.4, 0.5) is 5.69 Å². The molecular weight excluding hydrogens is 420 g/mol. The lowest BCUT2D eigenvalue weighted by molar-refractivity contribution is 0.0506. The third-order valence-corrected chi connectivity index (χ3v) is 6.11. The summed E-state index contributed by atoms with van der Waals surface area (Å²) >= 11 is 0. The van der Waals surface area contributed by atoms with E-state index in [9.17, 15) is 15.0 Å². The summed E-state index contributed by atoms with van der Waals surface area (Å²) in [4.78, 5) is 15.9. The Morgan fingerprint density at radius 2 is 1.91 bits per heavy atom. The fraction of sp³-hybridized carbons (Fsp3) is 0.500. The first-order valence-electron chi connectivity index (χ1n) is 11.4. The molecule has 1 aliphatic rings. The van der Waals surface area contributed by atoms with Crippen molar-refractivity contribution >= 4 is 11.7 Å². The maximum absolute atomic E-state index is 11.6. The molecule has 0 amide bonds. The summed E-state index contributed by atoms with van der Waals surface area (Å²) in [6, 6.07) is 13.0. The van der Waals surface area contributed by atoms with E-state index in [0.29, 0.717) is 25.2 Å². The van der Waals surface area contributed by atoms with Gasteiger partial charge in [-0.05, 0) is 42.7 Å². The minimum absolute atomic E-state index is 0.119. The number of benzene rings is 2. The van der Waals surface area contributed by atoms with E-state index in [2.05, 4.69) is 37.5 Å². The summed E-state index contributed by atoms with van der Waals surface area (Å²) in [6.45, 7) is 11.3. The number of nitrogens with zero attached hydrogens (tertiary/aromatic N) is 2. The maximum atomic E-state index is 11.6. The van der Waals surface area contributed by atoms with Crippen molar-refractivity contribution in [2.75, 3.05) is 44.8 Å². The number of carbonyl (C=O) groups is 1. The molecule has 2 atom stereocenters. The van der Waals surface area contributed by atoms with Gasteiger partial charge in [0.05, 0.1) is 18.4 Å². The van der Waals surface area contributed by atoms with Gasteiger partial charge in [0, 0.05) is 37.8 Å². The number of rotatable bonds is 8. The Hall–Kier alpha value is -2.77. The summed E-state index contributed by atoms with van der Waals surface area (Å²) < 4.78 is 11.4. The Morgan fingerprint density at radius 3 is 2.55 bits per heavy atom. The van der Waals surface area contributed by atoms with E-state index in [0.717, 1.165) is 29.3 Å². The van der Waals surface area contributed by atoms with Gasteiger partial charge in [-0.3, -0.25) is 4.90 Å². The van der Waals surface area contributed by atoms with Gasteiger partial charge in [0.15, 0.2) is 0 Å². The highest BCUT2D eigenvalue weighted by molar-refractivity contribution is 5.94. The molecule has 33 heavy (non-hydrogen) atoms. The van der Waals surface area contributed by atoms with E-state index in [1.807, 2.05) is 30.3 Å². The molecule has 0 aliphatic carbocycles. The average molecular weight is 457 g/mol. The van der Waals surface area contributed by atoms with Gasteiger partial charge in [-0.2, -0.15) is 0 Å². The maximum Gasteiger partial charge on any atom is 0.337 e. The summed E-state index contributed by atoms with van der Waals surface area (Å²) in [5, 5.41) is 20.2. The van der Waals surface area contributed by atoms with E-state index in [1.165, 1.54) is 0 Å². The number of aromatic carboxylic acids is 1. The number of para-hydroxylation sites is 1. The van der Waals surface area contributed by atoms with Gasteiger partial charge in [0.1, 0.15) is 24.2 Å². The fourth-order valence-electron chi connectivity index (χ4n) is 4.27. The van der Waals surface area contributed by atoms with E-state index < -0.39 is 12.1 Å². The monoisotopic (exact) mass is 456 g/mol. The number of hydrogen-bond donors (Lipinski definition) is 2. The normalized spacial score (nSPS) is 18.1. The number of aliphatic hydroxyl groups is 1. The minimum atomic E-state index is -0.915. The molecule has 0 aromatic heterocycles. The van der Waals surface area contributed by atoms with Gasteiger partial charge in [-0.15, -0.1) is 0 Å². The first kappa shape index (κ1) is 24.9. The highest BCUT2D eigenvalue weighted by atomic mass is 16.5. The number of aliphatic hydroxyl groups excluding tert-OH is 1. The lowest BCUT2D eigenvalue weighted by atomic mass is 9.86. The van der Waals surface area contributed by atoms with Crippen molar-refractivity contribution in [1.82, 2.24) is 4.90 Å². The topological polar surface area (TPSA) is 82.5 Å². The zero-order valence-corrected chi connectivity index (χ0v) is 20.2. The van der Waals surface area contributed by atoms with Crippen LogP contribution < -0.4 is 14.4 Å². The zero-order chi connectivity index (χ0) is 24.2. The Bertz CT molecular complexity index is 956. The first-order valence-corrected chi connectivity index (χ1v) is 11.4. The van der Waals surface area contributed by atoms with Crippen molar-refractivity contribution in [3.8, 4) is 11.5 Å². The number of carboxylic acids is 1. The average Bonchev–Trinajstić information content (AvgIpc) is 2.78. The Morgan fingerprint density at radius 1 is 1.18 bits per heavy atom. The lowest BCUT2D eigenvalue weighted by Crippen LogP contribution is -2.54. The van der Waals surface area contributed by atoms with E-state index in [-0.39, 0.29) is 18.1 Å². The molecule has 1 heterocycles. The quantitative estimate of drug-likeness (QED) is 0.628. The highest BCUT2D eigenvalue weighted by Crippen LogP contribution is 2.34. The largest absolute Gasteiger partial charge is 0.497 e. The van der Waals surface area contributed by atoms with Crippen LogP contribution >= 0.6 is 0 Å². The van der Waals surface area contributed by atoms with E-state index in [4.69, 9.17) is 9.47 Å². The summed E-state index contributed by atoms with van der Waals surface area (Å²) in [7, 11) is 1.65. The number of hydrogen-bond acceptors (Lipinski definition) is 6. The number of methoxy groups -OCH3 is 1. The fourth-order valence-corrected chi connectivity index (χ4v) is 4.27. The Kier molecular flexibility index (Phi) is 7.87. The van der Waals surface area contributed by atoms with Gasteiger partial charge < -0.3 is 24.6 Å². The van der Waals surface area contributed by atoms with Crippen LogP contribution in [0.1, 0.15) is 43.6 Å². The number of piperazine rings is 1. The summed E-state index contributed by atoms with van der Waals surface area (Å²) in [6.07, 6.45) is -0.639. The SMILES string of the molecule is COc1ccc(OCC(O)CN2CCN(c3ccccc3C(=O)O)CC2C)c(C(C)(C)C)c1. The van der Waals surface area contributed by atoms with Crippen LogP contribution in [0.15, 0.2) is 42.5 Å². The number of β-amino-alcohol motifs (C(OH)–C–C–N with tert-alkyl or cyclic N) is 1. The van der Waals surface area contributed by atoms with E-state index >= 15 is 0 Å². The van der Waals surface area contributed by atoms with Gasteiger partial charge in [0.2, 0.25) is 0 Å². The molecule has 0 saturated carbocycles. The molecule has 0 spiro atoms. The summed E-state index contributed by atoms with van der Waals surface area (Å²) in [5.41, 5.74) is 1.98. The molecule has 1 saturated heterocycles. The number of ether oxygens (including phenoxy) is 2. The van der Waals surface area contributed by atoms with Crippen LogP contribution in [-0.2, 0) is 5.41 Å². The predicted octanol–water partition coefficient (Wildman–Crippen LogP) is 3.64. The van der Waals surface area contributed by atoms with Gasteiger partial charge in [-0.25, -0.2) is 4.79 Å². The van der Waals surface area contributed by atoms with Crippen molar-refractivity contribution in [2.45, 2.75) is 45.3 Å². The molecule has 7 heteroatoms. The molecule has 1 fully saturated rings. The highest BCUT2D eigenvalue weighted by Gasteiger charge is 2.28. The molecule has 0 bridgehead atoms. The van der Waals surface area contributed by atoms with Gasteiger partial charge in [0.25, 0.3) is 0 Å². The number of carboxylic acid groups (broad SMARTS) is 1. The first-order chi connectivity index (χ1) is 15.6. The molecule has 1 aliphatic heterocycles. The molecule has 3 rings (SSSR count). The van der Waals surface area contributed by atoms with Crippen LogP contribution in [0.2, 0.25) is 0 Å². The van der Waals surface area contributed by atoms with Crippen LogP contribution in [0.3, 0.4) is 0 Å². The smallest absolute Gasteiger partial charge is 0.337 e. The third kappa shape index (κ3) is 6.18. The van der Waals surface area contributed by atoms with Crippen LogP contribution in [-0.4, -0.2) is 73.1 Å². The standard InChI is InChI=1S/C26H36N2O5/c1-18-15-28(23-9-7-6-8-21(23)25(30)31)13-12-27(18)16-19(29)17-33-24-11-10-20(32-5)14-22(24)26(2,3)4/h6-11,14,18-19,29H,12-13,15-17H2,1-5H3,(H,30,31).